The van der Waals surface area contributed by atoms with Crippen LogP contribution in [0.2, 0.25) is 0 Å². The predicted octanol–water partition coefficient (Wildman–Crippen LogP) is 7.96. The number of rotatable bonds is 14. The molecule has 0 saturated carbocycles. The van der Waals surface area contributed by atoms with Crippen LogP contribution in [-0.4, -0.2) is 37.2 Å². The lowest BCUT2D eigenvalue weighted by atomic mass is 9.78. The Labute approximate surface area is 239 Å². The zero-order valence-corrected chi connectivity index (χ0v) is 24.7. The highest BCUT2D eigenvalue weighted by molar-refractivity contribution is 5.71. The van der Waals surface area contributed by atoms with E-state index in [2.05, 4.69) is 38.1 Å². The molecule has 0 spiro atoms. The van der Waals surface area contributed by atoms with E-state index in [1.807, 2.05) is 63.2 Å². The van der Waals surface area contributed by atoms with Crippen molar-refractivity contribution in [2.45, 2.75) is 77.2 Å². The summed E-state index contributed by atoms with van der Waals surface area (Å²) in [6.45, 7) is 10.0. The van der Waals surface area contributed by atoms with Gasteiger partial charge in [0.05, 0.1) is 0 Å². The van der Waals surface area contributed by atoms with E-state index < -0.39 is 11.6 Å². The highest BCUT2D eigenvalue weighted by Crippen LogP contribution is 2.40. The Balaban J connectivity index is 1.85. The number of aromatic hydroxyl groups is 1. The highest BCUT2D eigenvalue weighted by Gasteiger charge is 2.23. The second-order valence-electron chi connectivity index (χ2n) is 11.3. The molecule has 0 aliphatic heterocycles. The molecule has 3 aromatic carbocycles. The number of methoxy groups -OCH3 is 1. The molecule has 3 rings (SSSR count). The number of carbonyl (C=O) groups is 1. The van der Waals surface area contributed by atoms with Crippen molar-refractivity contribution < 1.29 is 28.8 Å². The van der Waals surface area contributed by atoms with Gasteiger partial charge in [0.1, 0.15) is 22.8 Å². The molecule has 1 N–H and O–H groups in total. The Morgan fingerprint density at radius 2 is 1.43 bits per heavy atom. The third kappa shape index (κ3) is 9.91. The third-order valence-electron chi connectivity index (χ3n) is 6.92. The SMILES string of the molecule is CCC(CC(CC(C)c1cccc(OCOC)c1)c1cccc(OCC(=O)OC(C)(C)C)c1)c1cccc(O)c1. The van der Waals surface area contributed by atoms with E-state index >= 15 is 0 Å². The lowest BCUT2D eigenvalue weighted by molar-refractivity contribution is -0.157. The Morgan fingerprint density at radius 3 is 2.05 bits per heavy atom. The number of hydrogen-bond donors (Lipinski definition) is 1. The Bertz CT molecular complexity index is 1210. The maximum Gasteiger partial charge on any atom is 0.344 e. The molecule has 3 atom stereocenters. The Morgan fingerprint density at radius 1 is 0.825 bits per heavy atom. The fraction of sp³-hybridized carbons (Fsp3) is 0.441. The van der Waals surface area contributed by atoms with E-state index in [1.165, 1.54) is 5.56 Å². The highest BCUT2D eigenvalue weighted by atomic mass is 16.7. The minimum atomic E-state index is -0.559. The van der Waals surface area contributed by atoms with Gasteiger partial charge in [-0.05, 0) is 111 Å². The first-order chi connectivity index (χ1) is 19.1. The van der Waals surface area contributed by atoms with E-state index in [0.717, 1.165) is 36.1 Å². The molecule has 0 radical (unpaired) electrons. The average molecular weight is 549 g/mol. The quantitative estimate of drug-likeness (QED) is 0.163. The van der Waals surface area contributed by atoms with Crippen LogP contribution >= 0.6 is 0 Å². The number of phenolic OH excluding ortho intramolecular Hbond substituents is 1. The van der Waals surface area contributed by atoms with E-state index in [0.29, 0.717) is 5.75 Å². The summed E-state index contributed by atoms with van der Waals surface area (Å²) in [5.41, 5.74) is 2.92. The molecule has 0 amide bonds. The van der Waals surface area contributed by atoms with Crippen molar-refractivity contribution in [2.24, 2.45) is 0 Å². The lowest BCUT2D eigenvalue weighted by Crippen LogP contribution is -2.27. The molecule has 0 aromatic heterocycles. The van der Waals surface area contributed by atoms with Crippen LogP contribution < -0.4 is 9.47 Å². The average Bonchev–Trinajstić information content (AvgIpc) is 2.92. The van der Waals surface area contributed by atoms with Gasteiger partial charge in [0, 0.05) is 7.11 Å². The molecule has 6 nitrogen and oxygen atoms in total. The number of phenols is 1. The summed E-state index contributed by atoms with van der Waals surface area (Å²) in [6, 6.07) is 23.7. The molecular formula is C34H44O6. The first-order valence-corrected chi connectivity index (χ1v) is 14.0. The van der Waals surface area contributed by atoms with Crippen molar-refractivity contribution in [2.75, 3.05) is 20.5 Å². The van der Waals surface area contributed by atoms with Crippen molar-refractivity contribution in [1.29, 1.82) is 0 Å². The third-order valence-corrected chi connectivity index (χ3v) is 6.92. The van der Waals surface area contributed by atoms with Crippen LogP contribution in [0.4, 0.5) is 0 Å². The van der Waals surface area contributed by atoms with Crippen molar-refractivity contribution >= 4 is 5.97 Å². The van der Waals surface area contributed by atoms with Crippen molar-refractivity contribution in [3.63, 3.8) is 0 Å². The van der Waals surface area contributed by atoms with Crippen LogP contribution in [0.25, 0.3) is 0 Å². The first kappa shape index (κ1) is 31.0. The number of ether oxygens (including phenoxy) is 4. The van der Waals surface area contributed by atoms with E-state index in [1.54, 1.807) is 13.2 Å². The molecule has 0 aliphatic rings. The van der Waals surface area contributed by atoms with Crippen LogP contribution in [0.3, 0.4) is 0 Å². The first-order valence-electron chi connectivity index (χ1n) is 14.0. The van der Waals surface area contributed by atoms with Crippen LogP contribution in [0.15, 0.2) is 72.8 Å². The fourth-order valence-electron chi connectivity index (χ4n) is 5.00. The van der Waals surface area contributed by atoms with Crippen molar-refractivity contribution in [3.8, 4) is 17.2 Å². The van der Waals surface area contributed by atoms with Crippen molar-refractivity contribution in [3.05, 3.63) is 89.5 Å². The number of hydrogen-bond acceptors (Lipinski definition) is 6. The topological polar surface area (TPSA) is 74.2 Å². The molecular weight excluding hydrogens is 504 g/mol. The minimum absolute atomic E-state index is 0.142. The summed E-state index contributed by atoms with van der Waals surface area (Å²) in [7, 11) is 1.61. The molecule has 216 valence electrons. The molecule has 0 aliphatic carbocycles. The summed E-state index contributed by atoms with van der Waals surface area (Å²) in [4.78, 5) is 12.2. The standard InChI is InChI=1S/C34H44O6/c1-7-25(27-12-8-14-30(35)19-27)18-29(17-24(2)26-11-9-16-32(20-26)39-23-37-6)28-13-10-15-31(21-28)38-22-33(36)40-34(3,4)5/h8-16,19-21,24-25,29,35H,7,17-18,22-23H2,1-6H3. The van der Waals surface area contributed by atoms with Gasteiger partial charge in [0.25, 0.3) is 0 Å². The van der Waals surface area contributed by atoms with E-state index in [4.69, 9.17) is 18.9 Å². The van der Waals surface area contributed by atoms with Gasteiger partial charge in [-0.1, -0.05) is 50.2 Å². The molecule has 6 heteroatoms. The summed E-state index contributed by atoms with van der Waals surface area (Å²) >= 11 is 0. The zero-order chi connectivity index (χ0) is 29.1. The van der Waals surface area contributed by atoms with Crippen molar-refractivity contribution in [1.82, 2.24) is 0 Å². The molecule has 0 fully saturated rings. The van der Waals surface area contributed by atoms with Crippen LogP contribution in [0.1, 0.15) is 88.3 Å². The Kier molecular flexibility index (Phi) is 11.4. The van der Waals surface area contributed by atoms with Gasteiger partial charge in [0.15, 0.2) is 13.4 Å². The monoisotopic (exact) mass is 548 g/mol. The van der Waals surface area contributed by atoms with Crippen LogP contribution in [-0.2, 0) is 14.3 Å². The van der Waals surface area contributed by atoms with Gasteiger partial charge in [-0.25, -0.2) is 4.79 Å². The molecule has 0 heterocycles. The maximum atomic E-state index is 12.2. The molecule has 3 unspecified atom stereocenters. The lowest BCUT2D eigenvalue weighted by Gasteiger charge is -2.27. The molecule has 40 heavy (non-hydrogen) atoms. The van der Waals surface area contributed by atoms with Gasteiger partial charge in [0.2, 0.25) is 0 Å². The summed E-state index contributed by atoms with van der Waals surface area (Å²) in [5.74, 6) is 2.04. The van der Waals surface area contributed by atoms with Crippen LogP contribution in [0.5, 0.6) is 17.2 Å². The van der Waals surface area contributed by atoms with Gasteiger partial charge in [-0.2, -0.15) is 0 Å². The fourth-order valence-corrected chi connectivity index (χ4v) is 5.00. The summed E-state index contributed by atoms with van der Waals surface area (Å²) < 4.78 is 22.0. The van der Waals surface area contributed by atoms with E-state index in [-0.39, 0.29) is 36.9 Å². The van der Waals surface area contributed by atoms with Gasteiger partial charge in [-0.15, -0.1) is 0 Å². The van der Waals surface area contributed by atoms with Gasteiger partial charge in [-0.3, -0.25) is 0 Å². The number of benzene rings is 3. The van der Waals surface area contributed by atoms with Gasteiger partial charge < -0.3 is 24.1 Å². The Hall–Kier alpha value is -3.51. The second-order valence-corrected chi connectivity index (χ2v) is 11.3. The number of esters is 1. The molecule has 3 aromatic rings. The second kappa shape index (κ2) is 14.8. The maximum absolute atomic E-state index is 12.2. The normalized spacial score (nSPS) is 13.8. The summed E-state index contributed by atoms with van der Waals surface area (Å²) in [5, 5.41) is 10.1. The molecule has 0 bridgehead atoms. The molecule has 0 saturated heterocycles. The predicted molar refractivity (Wildman–Crippen MR) is 158 cm³/mol. The number of carbonyl (C=O) groups excluding carboxylic acids is 1. The largest absolute Gasteiger partial charge is 0.508 e. The zero-order valence-electron chi connectivity index (χ0n) is 24.7. The van der Waals surface area contributed by atoms with E-state index in [9.17, 15) is 9.90 Å². The van der Waals surface area contributed by atoms with Crippen LogP contribution in [0, 0.1) is 0 Å². The minimum Gasteiger partial charge on any atom is -0.508 e. The smallest absolute Gasteiger partial charge is 0.344 e. The van der Waals surface area contributed by atoms with Gasteiger partial charge >= 0.3 is 5.97 Å². The summed E-state index contributed by atoms with van der Waals surface area (Å²) in [6.07, 6.45) is 2.75.